The minimum absolute atomic E-state index is 0.00806. The molecule has 0 saturated carbocycles. The zero-order valence-corrected chi connectivity index (χ0v) is 14.1. The summed E-state index contributed by atoms with van der Waals surface area (Å²) < 4.78 is -0.0950. The van der Waals surface area contributed by atoms with Crippen LogP contribution in [0.25, 0.3) is 0 Å². The first-order chi connectivity index (χ1) is 10.3. The number of hydroxylamine groups is 3. The van der Waals surface area contributed by atoms with Gasteiger partial charge in [0, 0.05) is 24.2 Å². The third kappa shape index (κ3) is 2.27. The van der Waals surface area contributed by atoms with E-state index in [1.807, 2.05) is 12.1 Å². The van der Waals surface area contributed by atoms with Crippen molar-refractivity contribution < 1.29 is 9.75 Å². The van der Waals surface area contributed by atoms with Gasteiger partial charge in [0.05, 0.1) is 19.1 Å². The van der Waals surface area contributed by atoms with Crippen LogP contribution in [-0.2, 0) is 11.8 Å². The Labute approximate surface area is 133 Å². The van der Waals surface area contributed by atoms with Crippen LogP contribution in [0.4, 0.5) is 0 Å². The van der Waals surface area contributed by atoms with Gasteiger partial charge in [-0.05, 0) is 43.2 Å². The van der Waals surface area contributed by atoms with Crippen molar-refractivity contribution in [3.8, 4) is 5.75 Å². The van der Waals surface area contributed by atoms with E-state index in [-0.39, 0.29) is 16.1 Å². The number of nitrogens with zero attached hydrogens (tertiary/aromatic N) is 1. The van der Waals surface area contributed by atoms with Crippen LogP contribution in [0.3, 0.4) is 0 Å². The van der Waals surface area contributed by atoms with Crippen LogP contribution in [0, 0.1) is 11.1 Å². The molecular formula is C19H27NO2. The summed E-state index contributed by atoms with van der Waals surface area (Å²) in [5, 5.41) is 23.3. The maximum absolute atomic E-state index is 13.4. The first-order valence-corrected chi connectivity index (χ1v) is 8.30. The molecule has 3 rings (SSSR count). The Balaban J connectivity index is 2.02. The summed E-state index contributed by atoms with van der Waals surface area (Å²) in [5.74, 6) is 0.669. The average molecular weight is 301 g/mol. The quantitative estimate of drug-likeness (QED) is 0.511. The predicted octanol–water partition coefficient (Wildman–Crippen LogP) is 3.90. The molecule has 0 amide bonds. The van der Waals surface area contributed by atoms with Crippen molar-refractivity contribution in [3.63, 3.8) is 0 Å². The summed E-state index contributed by atoms with van der Waals surface area (Å²) in [6.45, 7) is 9.87. The first kappa shape index (κ1) is 15.6. The molecule has 2 bridgehead atoms. The van der Waals surface area contributed by atoms with Gasteiger partial charge >= 0.3 is 0 Å². The van der Waals surface area contributed by atoms with E-state index in [4.69, 9.17) is 0 Å². The van der Waals surface area contributed by atoms with Crippen molar-refractivity contribution in [3.05, 3.63) is 46.2 Å². The summed E-state index contributed by atoms with van der Waals surface area (Å²) in [7, 11) is 0. The second-order valence-corrected chi connectivity index (χ2v) is 7.71. The summed E-state index contributed by atoms with van der Waals surface area (Å²) >= 11 is 0. The lowest BCUT2D eigenvalue weighted by Gasteiger charge is -2.61. The van der Waals surface area contributed by atoms with Crippen LogP contribution >= 0.6 is 0 Å². The van der Waals surface area contributed by atoms with Gasteiger partial charge in [0.1, 0.15) is 5.75 Å². The third-order valence-corrected chi connectivity index (χ3v) is 6.14. The molecule has 2 unspecified atom stereocenters. The second kappa shape index (κ2) is 5.10. The summed E-state index contributed by atoms with van der Waals surface area (Å²) in [6, 6.07) is 5.80. The monoisotopic (exact) mass is 301 g/mol. The van der Waals surface area contributed by atoms with Gasteiger partial charge in [0.2, 0.25) is 0 Å². The van der Waals surface area contributed by atoms with Crippen LogP contribution < -0.4 is 0 Å². The lowest BCUT2D eigenvalue weighted by molar-refractivity contribution is -0.911. The number of phenols is 1. The number of phenolic OH excluding ortho intramolecular Hbond substituents is 1. The fourth-order valence-electron chi connectivity index (χ4n) is 4.43. The minimum Gasteiger partial charge on any atom is -0.632 e. The van der Waals surface area contributed by atoms with E-state index in [0.717, 1.165) is 12.8 Å². The summed E-state index contributed by atoms with van der Waals surface area (Å²) in [6.07, 6.45) is 3.81. The molecule has 22 heavy (non-hydrogen) atoms. The van der Waals surface area contributed by atoms with E-state index in [1.54, 1.807) is 6.07 Å². The molecule has 1 aromatic carbocycles. The highest BCUT2D eigenvalue weighted by molar-refractivity contribution is 5.43. The Morgan fingerprint density at radius 1 is 1.45 bits per heavy atom. The van der Waals surface area contributed by atoms with Gasteiger partial charge in [0.25, 0.3) is 0 Å². The molecule has 3 nitrogen and oxygen atoms in total. The molecule has 1 aliphatic carbocycles. The Kier molecular flexibility index (Phi) is 3.61. The zero-order chi connectivity index (χ0) is 16.1. The third-order valence-electron chi connectivity index (χ3n) is 6.14. The zero-order valence-electron chi connectivity index (χ0n) is 14.1. The number of quaternary nitrogens is 1. The van der Waals surface area contributed by atoms with Crippen molar-refractivity contribution in [2.75, 3.05) is 13.1 Å². The van der Waals surface area contributed by atoms with E-state index in [9.17, 15) is 10.3 Å². The van der Waals surface area contributed by atoms with E-state index >= 15 is 0 Å². The number of piperidine rings is 1. The molecule has 0 spiro atoms. The number of rotatable bonds is 2. The molecule has 4 atom stereocenters. The van der Waals surface area contributed by atoms with Crippen molar-refractivity contribution in [1.82, 2.24) is 0 Å². The van der Waals surface area contributed by atoms with Crippen molar-refractivity contribution in [2.45, 2.75) is 52.0 Å². The highest BCUT2D eigenvalue weighted by Gasteiger charge is 2.53. The average Bonchev–Trinajstić information content (AvgIpc) is 2.46. The molecular weight excluding hydrogens is 274 g/mol. The molecule has 1 aliphatic heterocycles. The molecule has 0 aromatic heterocycles. The van der Waals surface area contributed by atoms with E-state index in [1.165, 1.54) is 16.7 Å². The summed E-state index contributed by atoms with van der Waals surface area (Å²) in [5.41, 5.74) is 3.73. The normalized spacial score (nSPS) is 36.6. The van der Waals surface area contributed by atoms with Crippen LogP contribution in [0.15, 0.2) is 29.8 Å². The molecule has 120 valence electrons. The van der Waals surface area contributed by atoms with E-state index in [0.29, 0.717) is 24.8 Å². The molecule has 3 heteroatoms. The highest BCUT2D eigenvalue weighted by atomic mass is 16.5. The van der Waals surface area contributed by atoms with Crippen molar-refractivity contribution in [1.29, 1.82) is 0 Å². The molecule has 1 saturated heterocycles. The maximum atomic E-state index is 13.4. The van der Waals surface area contributed by atoms with Gasteiger partial charge in [-0.1, -0.05) is 25.5 Å². The van der Waals surface area contributed by atoms with E-state index in [2.05, 4.69) is 33.8 Å². The highest BCUT2D eigenvalue weighted by Crippen LogP contribution is 2.51. The smallest absolute Gasteiger partial charge is 0.115 e. The van der Waals surface area contributed by atoms with Crippen LogP contribution in [0.5, 0.6) is 5.75 Å². The predicted molar refractivity (Wildman–Crippen MR) is 89.5 cm³/mol. The van der Waals surface area contributed by atoms with Crippen LogP contribution in [-0.4, -0.2) is 28.9 Å². The Hall–Kier alpha value is -1.32. The number of likely N-dealkylation sites (tertiary alicyclic amines) is 1. The maximum Gasteiger partial charge on any atom is 0.115 e. The topological polar surface area (TPSA) is 43.3 Å². The molecule has 2 aliphatic rings. The number of hydrogen-bond acceptors (Lipinski definition) is 2. The molecule has 1 heterocycles. The minimum atomic E-state index is -0.0950. The molecule has 1 fully saturated rings. The van der Waals surface area contributed by atoms with Gasteiger partial charge in [0.15, 0.2) is 0 Å². The van der Waals surface area contributed by atoms with Gasteiger partial charge in [-0.2, -0.15) is 0 Å². The van der Waals surface area contributed by atoms with Gasteiger partial charge < -0.3 is 15.0 Å². The Morgan fingerprint density at radius 3 is 2.86 bits per heavy atom. The number of allylic oxidation sites excluding steroid dienone is 1. The Morgan fingerprint density at radius 2 is 2.18 bits per heavy atom. The number of hydrogen-bond donors (Lipinski definition) is 1. The SMILES string of the molecule is CC(C)=CC[N+]1([O-])CC[C@@]2(C)c3cc(O)ccc3CC1[C@@H]2C. The summed E-state index contributed by atoms with van der Waals surface area (Å²) in [4.78, 5) is 0. The van der Waals surface area contributed by atoms with Crippen LogP contribution in [0.2, 0.25) is 0 Å². The molecule has 1 aromatic rings. The van der Waals surface area contributed by atoms with Gasteiger partial charge in [-0.25, -0.2) is 0 Å². The lowest BCUT2D eigenvalue weighted by Crippen LogP contribution is -2.65. The van der Waals surface area contributed by atoms with Crippen LogP contribution in [0.1, 0.15) is 45.2 Å². The van der Waals surface area contributed by atoms with Gasteiger partial charge in [-0.3, -0.25) is 0 Å². The first-order valence-electron chi connectivity index (χ1n) is 8.30. The van der Waals surface area contributed by atoms with Crippen molar-refractivity contribution >= 4 is 0 Å². The Bertz CT molecular complexity index is 620. The fourth-order valence-corrected chi connectivity index (χ4v) is 4.43. The largest absolute Gasteiger partial charge is 0.632 e. The standard InChI is InChI=1S/C19H27NO2/c1-13(2)7-9-20(22)10-8-19(4)14(3)18(20)11-15-5-6-16(21)12-17(15)19/h5-7,12,14,18,21H,8-11H2,1-4H3/t14-,18?,19+,20?/m0/s1. The van der Waals surface area contributed by atoms with Gasteiger partial charge in [-0.15, -0.1) is 0 Å². The number of fused-ring (bicyclic) bond motifs is 4. The number of benzene rings is 1. The fraction of sp³-hybridized carbons (Fsp3) is 0.579. The molecule has 0 radical (unpaired) electrons. The lowest BCUT2D eigenvalue weighted by atomic mass is 9.59. The van der Waals surface area contributed by atoms with Crippen molar-refractivity contribution in [2.24, 2.45) is 5.92 Å². The second-order valence-electron chi connectivity index (χ2n) is 7.71. The number of aromatic hydroxyl groups is 1. The van der Waals surface area contributed by atoms with E-state index < -0.39 is 0 Å². The molecule has 1 N–H and O–H groups in total.